The number of aromatic carboxylic acids is 1. The van der Waals surface area contributed by atoms with Crippen LogP contribution in [0.1, 0.15) is 48.0 Å². The first-order valence-electron chi connectivity index (χ1n) is 8.77. The molecule has 0 radical (unpaired) electrons. The second kappa shape index (κ2) is 7.59. The van der Waals surface area contributed by atoms with Gasteiger partial charge < -0.3 is 5.11 Å². The monoisotopic (exact) mass is 377 g/mol. The van der Waals surface area contributed by atoms with Crippen LogP contribution in [0.3, 0.4) is 0 Å². The standard InChI is InChI=1S/C18H23N3O4S/c1-2-8-20-13-17(11-19-20)26(24,25)21-9-4-7-16(12-21)14-5-3-6-15(10-14)18(22)23/h3,5-6,10-11,13,16H,2,4,7-9,12H2,1H3,(H,22,23). The van der Waals surface area contributed by atoms with Gasteiger partial charge in [-0.2, -0.15) is 9.40 Å². The van der Waals surface area contributed by atoms with Gasteiger partial charge in [0.2, 0.25) is 10.0 Å². The molecule has 1 aliphatic rings. The zero-order valence-electron chi connectivity index (χ0n) is 14.7. The average Bonchev–Trinajstić information content (AvgIpc) is 3.12. The van der Waals surface area contributed by atoms with Crippen LogP contribution >= 0.6 is 0 Å². The van der Waals surface area contributed by atoms with E-state index in [1.165, 1.54) is 10.5 Å². The fraction of sp³-hybridized carbons (Fsp3) is 0.444. The Hall–Kier alpha value is -2.19. The maximum atomic E-state index is 12.9. The van der Waals surface area contributed by atoms with Gasteiger partial charge in [-0.25, -0.2) is 13.2 Å². The minimum absolute atomic E-state index is 0.0106. The smallest absolute Gasteiger partial charge is 0.335 e. The summed E-state index contributed by atoms with van der Waals surface area (Å²) in [5.41, 5.74) is 1.09. The summed E-state index contributed by atoms with van der Waals surface area (Å²) in [6.45, 7) is 3.51. The van der Waals surface area contributed by atoms with Gasteiger partial charge in [0.25, 0.3) is 0 Å². The number of carboxylic acids is 1. The molecule has 2 heterocycles. The lowest BCUT2D eigenvalue weighted by atomic mass is 9.91. The number of rotatable bonds is 6. The van der Waals surface area contributed by atoms with Crippen LogP contribution in [0.2, 0.25) is 0 Å². The maximum absolute atomic E-state index is 12.9. The van der Waals surface area contributed by atoms with E-state index in [4.69, 9.17) is 5.11 Å². The molecule has 2 aromatic rings. The molecule has 0 aliphatic carbocycles. The van der Waals surface area contributed by atoms with Crippen molar-refractivity contribution in [2.24, 2.45) is 0 Å². The lowest BCUT2D eigenvalue weighted by molar-refractivity contribution is 0.0696. The summed E-state index contributed by atoms with van der Waals surface area (Å²) in [4.78, 5) is 11.4. The topological polar surface area (TPSA) is 92.5 Å². The van der Waals surface area contributed by atoms with E-state index >= 15 is 0 Å². The molecule has 0 bridgehead atoms. The number of aromatic nitrogens is 2. The Labute approximate surface area is 153 Å². The first kappa shape index (κ1) is 18.6. The lowest BCUT2D eigenvalue weighted by Gasteiger charge is -2.32. The Bertz CT molecular complexity index is 891. The summed E-state index contributed by atoms with van der Waals surface area (Å²) in [5.74, 6) is -0.987. The largest absolute Gasteiger partial charge is 0.478 e. The molecule has 1 saturated heterocycles. The molecule has 1 aliphatic heterocycles. The van der Waals surface area contributed by atoms with Gasteiger partial charge in [0.05, 0.1) is 11.8 Å². The summed E-state index contributed by atoms with van der Waals surface area (Å²) in [6.07, 6.45) is 5.44. The second-order valence-electron chi connectivity index (χ2n) is 6.57. The highest BCUT2D eigenvalue weighted by Crippen LogP contribution is 2.30. The molecule has 0 spiro atoms. The van der Waals surface area contributed by atoms with E-state index in [0.717, 1.165) is 24.8 Å². The second-order valence-corrected chi connectivity index (χ2v) is 8.51. The Morgan fingerprint density at radius 2 is 2.19 bits per heavy atom. The van der Waals surface area contributed by atoms with Crippen molar-refractivity contribution >= 4 is 16.0 Å². The van der Waals surface area contributed by atoms with E-state index in [-0.39, 0.29) is 16.4 Å². The molecular formula is C18H23N3O4S. The number of aryl methyl sites for hydroxylation is 1. The van der Waals surface area contributed by atoms with Crippen LogP contribution < -0.4 is 0 Å². The number of benzene rings is 1. The summed E-state index contributed by atoms with van der Waals surface area (Å²) in [6, 6.07) is 6.77. The Morgan fingerprint density at radius 3 is 2.92 bits per heavy atom. The number of hydrogen-bond acceptors (Lipinski definition) is 4. The highest BCUT2D eigenvalue weighted by Gasteiger charge is 2.32. The third-order valence-corrected chi connectivity index (χ3v) is 6.51. The van der Waals surface area contributed by atoms with Gasteiger partial charge in [-0.1, -0.05) is 19.1 Å². The van der Waals surface area contributed by atoms with Crippen molar-refractivity contribution < 1.29 is 18.3 Å². The predicted octanol–water partition coefficient (Wildman–Crippen LogP) is 2.56. The van der Waals surface area contributed by atoms with E-state index in [2.05, 4.69) is 5.10 Å². The molecule has 0 saturated carbocycles. The molecule has 140 valence electrons. The van der Waals surface area contributed by atoms with Crippen molar-refractivity contribution in [2.45, 2.75) is 43.5 Å². The highest BCUT2D eigenvalue weighted by atomic mass is 32.2. The molecule has 0 amide bonds. The number of hydrogen-bond donors (Lipinski definition) is 1. The molecule has 1 aromatic carbocycles. The normalized spacial score (nSPS) is 18.7. The summed E-state index contributed by atoms with van der Waals surface area (Å²) >= 11 is 0. The van der Waals surface area contributed by atoms with Crippen LogP contribution in [-0.2, 0) is 16.6 Å². The van der Waals surface area contributed by atoms with Crippen LogP contribution in [0.15, 0.2) is 41.6 Å². The van der Waals surface area contributed by atoms with Crippen molar-refractivity contribution in [3.05, 3.63) is 47.8 Å². The third-order valence-electron chi connectivity index (χ3n) is 4.69. The van der Waals surface area contributed by atoms with E-state index in [9.17, 15) is 13.2 Å². The third kappa shape index (κ3) is 3.81. The highest BCUT2D eigenvalue weighted by molar-refractivity contribution is 7.89. The summed E-state index contributed by atoms with van der Waals surface area (Å²) < 4.78 is 29.0. The van der Waals surface area contributed by atoms with Crippen LogP contribution in [0.4, 0.5) is 0 Å². The molecular weight excluding hydrogens is 354 g/mol. The van der Waals surface area contributed by atoms with Gasteiger partial charge in [-0.15, -0.1) is 0 Å². The van der Waals surface area contributed by atoms with Crippen molar-refractivity contribution in [1.82, 2.24) is 14.1 Å². The maximum Gasteiger partial charge on any atom is 0.335 e. The summed E-state index contributed by atoms with van der Waals surface area (Å²) in [7, 11) is -3.59. The zero-order chi connectivity index (χ0) is 18.7. The van der Waals surface area contributed by atoms with E-state index in [0.29, 0.717) is 19.6 Å². The number of carbonyl (C=O) groups is 1. The average molecular weight is 377 g/mol. The van der Waals surface area contributed by atoms with Gasteiger partial charge in [-0.05, 0) is 42.9 Å². The zero-order valence-corrected chi connectivity index (χ0v) is 15.5. The van der Waals surface area contributed by atoms with Crippen molar-refractivity contribution in [3.8, 4) is 0 Å². The molecule has 1 N–H and O–H groups in total. The Balaban J connectivity index is 1.81. The molecule has 1 unspecified atom stereocenters. The van der Waals surface area contributed by atoms with Crippen LogP contribution in [0, 0.1) is 0 Å². The predicted molar refractivity (Wildman–Crippen MR) is 96.7 cm³/mol. The number of piperidine rings is 1. The minimum atomic E-state index is -3.59. The van der Waals surface area contributed by atoms with E-state index in [1.807, 2.05) is 13.0 Å². The summed E-state index contributed by atoms with van der Waals surface area (Å²) in [5, 5.41) is 13.3. The minimum Gasteiger partial charge on any atom is -0.478 e. The lowest BCUT2D eigenvalue weighted by Crippen LogP contribution is -2.39. The first-order valence-corrected chi connectivity index (χ1v) is 10.2. The molecule has 3 rings (SSSR count). The molecule has 1 fully saturated rings. The quantitative estimate of drug-likeness (QED) is 0.835. The molecule has 1 atom stereocenters. The number of nitrogens with zero attached hydrogens (tertiary/aromatic N) is 3. The van der Waals surface area contributed by atoms with E-state index < -0.39 is 16.0 Å². The Morgan fingerprint density at radius 1 is 1.38 bits per heavy atom. The van der Waals surface area contributed by atoms with Crippen LogP contribution in [-0.4, -0.2) is 46.7 Å². The van der Waals surface area contributed by atoms with Crippen LogP contribution in [0.25, 0.3) is 0 Å². The number of carboxylic acid groups (broad SMARTS) is 1. The molecule has 1 aromatic heterocycles. The molecule has 7 nitrogen and oxygen atoms in total. The van der Waals surface area contributed by atoms with Crippen LogP contribution in [0.5, 0.6) is 0 Å². The Kier molecular flexibility index (Phi) is 5.43. The van der Waals surface area contributed by atoms with Crippen molar-refractivity contribution in [2.75, 3.05) is 13.1 Å². The van der Waals surface area contributed by atoms with Gasteiger partial charge in [-0.3, -0.25) is 4.68 Å². The van der Waals surface area contributed by atoms with Crippen molar-refractivity contribution in [1.29, 1.82) is 0 Å². The molecule has 8 heteroatoms. The first-order chi connectivity index (χ1) is 12.4. The fourth-order valence-electron chi connectivity index (χ4n) is 3.34. The number of sulfonamides is 1. The SMILES string of the molecule is CCCn1cc(S(=O)(=O)N2CCCC(c3cccc(C(=O)O)c3)C2)cn1. The van der Waals surface area contributed by atoms with Gasteiger partial charge in [0.15, 0.2) is 0 Å². The van der Waals surface area contributed by atoms with Crippen molar-refractivity contribution in [3.63, 3.8) is 0 Å². The van der Waals surface area contributed by atoms with Gasteiger partial charge in [0.1, 0.15) is 4.90 Å². The van der Waals surface area contributed by atoms with Gasteiger partial charge >= 0.3 is 5.97 Å². The van der Waals surface area contributed by atoms with E-state index in [1.54, 1.807) is 29.1 Å². The fourth-order valence-corrected chi connectivity index (χ4v) is 4.82. The van der Waals surface area contributed by atoms with Gasteiger partial charge in [0, 0.05) is 25.8 Å². The molecule has 26 heavy (non-hydrogen) atoms.